The molecule has 13 nitrogen and oxygen atoms in total. The van der Waals surface area contributed by atoms with Gasteiger partial charge in [0.05, 0.1) is 6.04 Å². The number of amides is 5. The van der Waals surface area contributed by atoms with Gasteiger partial charge >= 0.3 is 12.4 Å². The molecule has 2 aromatic rings. The SMILES string of the molecule is CC(C)[C@H](NC(=O)c1ccc(C2(C(F)(F)F)NN2)cc1)C(=O)N[C@@H](Cc1ccccc1)C(=O)N[C@@H](C)C(=O)NC(CCC(N)=O)C(O)C(F)(F)F. The minimum Gasteiger partial charge on any atom is -0.382 e. The molecular weight excluding hydrogens is 692 g/mol. The van der Waals surface area contributed by atoms with E-state index < -0.39 is 96.6 Å². The van der Waals surface area contributed by atoms with Crippen LogP contribution in [0.15, 0.2) is 54.6 Å². The summed E-state index contributed by atoms with van der Waals surface area (Å²) >= 11 is 0. The minimum absolute atomic E-state index is 0.0571. The molecule has 5 atom stereocenters. The van der Waals surface area contributed by atoms with Gasteiger partial charge < -0.3 is 32.1 Å². The van der Waals surface area contributed by atoms with Gasteiger partial charge in [-0.1, -0.05) is 56.3 Å². The van der Waals surface area contributed by atoms with Gasteiger partial charge in [-0.15, -0.1) is 0 Å². The van der Waals surface area contributed by atoms with Gasteiger partial charge in [-0.2, -0.15) is 26.3 Å². The fourth-order valence-corrected chi connectivity index (χ4v) is 4.99. The lowest BCUT2D eigenvalue weighted by atomic mass is 9.99. The molecule has 1 saturated heterocycles. The monoisotopic (exact) mass is 731 g/mol. The molecule has 2 aromatic carbocycles. The zero-order chi connectivity index (χ0) is 38.3. The van der Waals surface area contributed by atoms with Crippen LogP contribution in [0.1, 0.15) is 55.1 Å². The normalized spacial score (nSPS) is 16.9. The highest BCUT2D eigenvalue weighted by atomic mass is 19.4. The number of aliphatic hydroxyl groups is 1. The molecule has 0 saturated carbocycles. The summed E-state index contributed by atoms with van der Waals surface area (Å²) in [6, 6.07) is 6.71. The molecular formula is C32H39F6N7O6. The molecule has 0 radical (unpaired) electrons. The minimum atomic E-state index is -5.15. The largest absolute Gasteiger partial charge is 0.426 e. The van der Waals surface area contributed by atoms with Crippen LogP contribution in [0, 0.1) is 5.92 Å². The van der Waals surface area contributed by atoms with E-state index in [0.717, 1.165) is 31.2 Å². The van der Waals surface area contributed by atoms with Crippen molar-refractivity contribution < 1.29 is 55.4 Å². The molecule has 0 bridgehead atoms. The summed E-state index contributed by atoms with van der Waals surface area (Å²) in [4.78, 5) is 64.0. The highest BCUT2D eigenvalue weighted by Crippen LogP contribution is 2.42. The van der Waals surface area contributed by atoms with Gasteiger partial charge in [-0.05, 0) is 42.5 Å². The number of nitrogens with one attached hydrogen (secondary N) is 6. The quantitative estimate of drug-likeness (QED) is 0.0923. The summed E-state index contributed by atoms with van der Waals surface area (Å²) in [5.41, 5.74) is 6.99. The van der Waals surface area contributed by atoms with E-state index in [1.807, 2.05) is 5.32 Å². The van der Waals surface area contributed by atoms with Crippen LogP contribution in [0.2, 0.25) is 0 Å². The van der Waals surface area contributed by atoms with E-state index in [1.165, 1.54) is 0 Å². The topological polar surface area (TPSA) is 224 Å². The lowest BCUT2D eigenvalue weighted by Crippen LogP contribution is -2.59. The number of hydrazine groups is 1. The van der Waals surface area contributed by atoms with Crippen molar-refractivity contribution in [2.75, 3.05) is 0 Å². The van der Waals surface area contributed by atoms with Crippen LogP contribution in [0.3, 0.4) is 0 Å². The molecule has 280 valence electrons. The second-order valence-corrected chi connectivity index (χ2v) is 12.4. The van der Waals surface area contributed by atoms with Gasteiger partial charge in [-0.3, -0.25) is 24.0 Å². The van der Waals surface area contributed by atoms with Crippen molar-refractivity contribution in [3.8, 4) is 0 Å². The molecule has 1 aliphatic rings. The van der Waals surface area contributed by atoms with E-state index in [-0.39, 0.29) is 17.5 Å². The number of benzene rings is 2. The van der Waals surface area contributed by atoms with Crippen molar-refractivity contribution in [2.24, 2.45) is 11.7 Å². The van der Waals surface area contributed by atoms with Crippen molar-refractivity contribution in [3.63, 3.8) is 0 Å². The maximum absolute atomic E-state index is 13.5. The molecule has 51 heavy (non-hydrogen) atoms. The number of rotatable bonds is 16. The van der Waals surface area contributed by atoms with E-state index in [2.05, 4.69) is 26.8 Å². The first-order valence-electron chi connectivity index (χ1n) is 15.7. The lowest BCUT2D eigenvalue weighted by Gasteiger charge is -2.28. The van der Waals surface area contributed by atoms with Crippen molar-refractivity contribution in [1.82, 2.24) is 32.1 Å². The number of hydrogen-bond acceptors (Lipinski definition) is 8. The predicted octanol–water partition coefficient (Wildman–Crippen LogP) is 1.17. The van der Waals surface area contributed by atoms with Crippen LogP contribution in [-0.4, -0.2) is 77.3 Å². The molecule has 1 heterocycles. The Bertz CT molecular complexity index is 1550. The number of nitrogens with two attached hydrogens (primary N) is 1. The van der Waals surface area contributed by atoms with E-state index >= 15 is 0 Å². The number of aliphatic hydroxyl groups excluding tert-OH is 1. The van der Waals surface area contributed by atoms with Crippen LogP contribution >= 0.6 is 0 Å². The third-order valence-electron chi connectivity index (χ3n) is 8.03. The molecule has 3 rings (SSSR count). The summed E-state index contributed by atoms with van der Waals surface area (Å²) < 4.78 is 79.9. The lowest BCUT2D eigenvalue weighted by molar-refractivity contribution is -0.212. The first kappa shape index (κ1) is 40.7. The summed E-state index contributed by atoms with van der Waals surface area (Å²) in [5, 5.41) is 19.1. The van der Waals surface area contributed by atoms with Gasteiger partial charge in [-0.25, -0.2) is 10.9 Å². The Hall–Kier alpha value is -4.75. The summed E-state index contributed by atoms with van der Waals surface area (Å²) in [6.45, 7) is 4.33. The Morgan fingerprint density at radius 2 is 1.39 bits per heavy atom. The van der Waals surface area contributed by atoms with Gasteiger partial charge in [0.1, 0.15) is 18.1 Å². The van der Waals surface area contributed by atoms with Crippen LogP contribution in [0.25, 0.3) is 0 Å². The average molecular weight is 732 g/mol. The summed E-state index contributed by atoms with van der Waals surface area (Å²) in [6.07, 6.45) is -14.2. The number of carbonyl (C=O) groups is 5. The number of alkyl halides is 6. The molecule has 0 spiro atoms. The van der Waals surface area contributed by atoms with E-state index in [9.17, 15) is 55.4 Å². The molecule has 9 N–H and O–H groups in total. The Morgan fingerprint density at radius 3 is 1.88 bits per heavy atom. The van der Waals surface area contributed by atoms with E-state index in [0.29, 0.717) is 5.56 Å². The second kappa shape index (κ2) is 16.5. The van der Waals surface area contributed by atoms with Crippen molar-refractivity contribution in [3.05, 3.63) is 71.3 Å². The number of halogens is 6. The van der Waals surface area contributed by atoms with Gasteiger partial charge in [0, 0.05) is 18.4 Å². The first-order chi connectivity index (χ1) is 23.7. The third-order valence-corrected chi connectivity index (χ3v) is 8.03. The molecule has 1 fully saturated rings. The standard InChI is InChI=1S/C32H39F6N7O6/c1-16(2)24(43-27(49)19-9-11-20(12-10-19)30(44-45-30)32(36,37)38)29(51)42-22(15-18-7-5-4-6-8-18)28(50)40-17(3)26(48)41-21(13-14-23(39)46)25(47)31(33,34)35/h4-12,16-17,21-22,24-25,44-45,47H,13-15H2,1-3H3,(H2,39,46)(H,40,50)(H,41,48)(H,42,51)(H,43,49)/t17-,21?,22-,24-,25?/m0/s1. The molecule has 2 unspecified atom stereocenters. The molecule has 19 heteroatoms. The van der Waals surface area contributed by atoms with Gasteiger partial charge in [0.2, 0.25) is 29.3 Å². The highest BCUT2D eigenvalue weighted by Gasteiger charge is 2.65. The number of primary amides is 1. The maximum Gasteiger partial charge on any atom is 0.426 e. The third kappa shape index (κ3) is 10.9. The van der Waals surface area contributed by atoms with Crippen LogP contribution in [0.4, 0.5) is 26.3 Å². The van der Waals surface area contributed by atoms with Crippen molar-refractivity contribution in [2.45, 2.75) is 88.3 Å². The molecule has 0 aromatic heterocycles. The van der Waals surface area contributed by atoms with E-state index in [4.69, 9.17) is 5.73 Å². The Morgan fingerprint density at radius 1 is 0.804 bits per heavy atom. The van der Waals surface area contributed by atoms with Crippen molar-refractivity contribution in [1.29, 1.82) is 0 Å². The molecule has 0 aliphatic carbocycles. The Labute approximate surface area is 288 Å². The van der Waals surface area contributed by atoms with Crippen LogP contribution in [0.5, 0.6) is 0 Å². The van der Waals surface area contributed by atoms with E-state index in [1.54, 1.807) is 44.2 Å². The first-order valence-corrected chi connectivity index (χ1v) is 15.7. The smallest absolute Gasteiger partial charge is 0.382 e. The highest BCUT2D eigenvalue weighted by molar-refractivity contribution is 5.99. The van der Waals surface area contributed by atoms with Gasteiger partial charge in [0.25, 0.3) is 5.91 Å². The Kier molecular flexibility index (Phi) is 13.2. The average Bonchev–Trinajstić information content (AvgIpc) is 3.87. The maximum atomic E-state index is 13.5. The molecule has 1 aliphatic heterocycles. The molecule has 5 amide bonds. The Balaban J connectivity index is 1.74. The fourth-order valence-electron chi connectivity index (χ4n) is 4.99. The second-order valence-electron chi connectivity index (χ2n) is 12.4. The number of hydrogen-bond donors (Lipinski definition) is 8. The predicted molar refractivity (Wildman–Crippen MR) is 169 cm³/mol. The number of carbonyl (C=O) groups excluding carboxylic acids is 5. The van der Waals surface area contributed by atoms with Crippen LogP contribution in [-0.2, 0) is 31.3 Å². The van der Waals surface area contributed by atoms with Gasteiger partial charge in [0.15, 0.2) is 6.10 Å². The van der Waals surface area contributed by atoms with Crippen LogP contribution < -0.4 is 37.9 Å². The van der Waals surface area contributed by atoms with Crippen molar-refractivity contribution >= 4 is 29.5 Å². The summed E-state index contributed by atoms with van der Waals surface area (Å²) in [5.74, 6) is -5.23. The fraction of sp³-hybridized carbons (Fsp3) is 0.469. The zero-order valence-electron chi connectivity index (χ0n) is 27.6. The zero-order valence-corrected chi connectivity index (χ0v) is 27.6. The summed E-state index contributed by atoms with van der Waals surface area (Å²) in [7, 11) is 0.